The molecule has 106 valence electrons. The van der Waals surface area contributed by atoms with Crippen LogP contribution >= 0.6 is 0 Å². The van der Waals surface area contributed by atoms with Crippen LogP contribution < -0.4 is 10.5 Å². The monoisotopic (exact) mass is 282 g/mol. The van der Waals surface area contributed by atoms with Crippen molar-refractivity contribution in [1.82, 2.24) is 0 Å². The Balaban J connectivity index is 1.72. The molecule has 0 unspecified atom stereocenters. The molecule has 2 aromatic rings. The van der Waals surface area contributed by atoms with Crippen LogP contribution in [-0.2, 0) is 13.0 Å². The molecule has 0 aromatic heterocycles. The molecule has 0 bridgehead atoms. The van der Waals surface area contributed by atoms with E-state index >= 15 is 0 Å². The zero-order valence-corrected chi connectivity index (χ0v) is 11.5. The molecule has 1 aliphatic carbocycles. The topological polar surface area (TPSA) is 59.0 Å². The predicted octanol–water partition coefficient (Wildman–Crippen LogP) is 3.22. The van der Waals surface area contributed by atoms with E-state index in [4.69, 9.17) is 15.7 Å². The van der Waals surface area contributed by atoms with Crippen molar-refractivity contribution in [1.29, 1.82) is 5.26 Å². The smallest absolute Gasteiger partial charge is 0.140 e. The van der Waals surface area contributed by atoms with Crippen LogP contribution in [0, 0.1) is 17.1 Å². The Labute approximate surface area is 122 Å². The van der Waals surface area contributed by atoms with E-state index in [0.29, 0.717) is 6.61 Å². The van der Waals surface area contributed by atoms with Gasteiger partial charge in [-0.25, -0.2) is 4.39 Å². The number of rotatable bonds is 3. The van der Waals surface area contributed by atoms with Gasteiger partial charge >= 0.3 is 0 Å². The van der Waals surface area contributed by atoms with Crippen molar-refractivity contribution in [2.45, 2.75) is 25.5 Å². The molecule has 4 heteroatoms. The van der Waals surface area contributed by atoms with Gasteiger partial charge in [-0.05, 0) is 53.8 Å². The maximum Gasteiger partial charge on any atom is 0.140 e. The zero-order chi connectivity index (χ0) is 14.8. The Morgan fingerprint density at radius 3 is 2.95 bits per heavy atom. The second-order valence-corrected chi connectivity index (χ2v) is 5.22. The van der Waals surface area contributed by atoms with E-state index in [2.05, 4.69) is 0 Å². The minimum atomic E-state index is -0.507. The summed E-state index contributed by atoms with van der Waals surface area (Å²) in [5.41, 5.74) is 9.23. The van der Waals surface area contributed by atoms with Crippen molar-refractivity contribution < 1.29 is 9.13 Å². The largest absolute Gasteiger partial charge is 0.489 e. The number of nitrogens with two attached hydrogens (primary N) is 1. The van der Waals surface area contributed by atoms with Gasteiger partial charge in [-0.3, -0.25) is 0 Å². The second kappa shape index (κ2) is 5.55. The van der Waals surface area contributed by atoms with Crippen LogP contribution in [0.3, 0.4) is 0 Å². The lowest BCUT2D eigenvalue weighted by atomic mass is 10.1. The SMILES string of the molecule is N#Cc1cc(COc2ccc3c(c2)CC[C@@H]3N)ccc1F. The van der Waals surface area contributed by atoms with Crippen LogP contribution in [0.15, 0.2) is 36.4 Å². The quantitative estimate of drug-likeness (QED) is 0.940. The molecule has 0 radical (unpaired) electrons. The van der Waals surface area contributed by atoms with E-state index in [9.17, 15) is 4.39 Å². The first-order valence-corrected chi connectivity index (χ1v) is 6.87. The molecule has 0 saturated heterocycles. The molecule has 0 saturated carbocycles. The highest BCUT2D eigenvalue weighted by molar-refractivity contribution is 5.40. The first kappa shape index (κ1) is 13.6. The predicted molar refractivity (Wildman–Crippen MR) is 77.1 cm³/mol. The number of hydrogen-bond acceptors (Lipinski definition) is 3. The van der Waals surface area contributed by atoms with Gasteiger partial charge in [0.25, 0.3) is 0 Å². The van der Waals surface area contributed by atoms with Crippen molar-refractivity contribution in [2.75, 3.05) is 0 Å². The van der Waals surface area contributed by atoms with E-state index in [1.807, 2.05) is 24.3 Å². The summed E-state index contributed by atoms with van der Waals surface area (Å²) in [6.07, 6.45) is 1.95. The fraction of sp³-hybridized carbons (Fsp3) is 0.235. The van der Waals surface area contributed by atoms with Crippen LogP contribution in [-0.4, -0.2) is 0 Å². The molecular formula is C17H15FN2O. The number of ether oxygens (including phenoxy) is 1. The Hall–Kier alpha value is -2.38. The fourth-order valence-corrected chi connectivity index (χ4v) is 2.63. The van der Waals surface area contributed by atoms with Gasteiger partial charge in [-0.1, -0.05) is 12.1 Å². The summed E-state index contributed by atoms with van der Waals surface area (Å²) in [5, 5.41) is 8.82. The zero-order valence-electron chi connectivity index (χ0n) is 11.5. The molecular weight excluding hydrogens is 267 g/mol. The minimum absolute atomic E-state index is 0.0380. The van der Waals surface area contributed by atoms with E-state index in [0.717, 1.165) is 24.2 Å². The summed E-state index contributed by atoms with van der Waals surface area (Å²) < 4.78 is 19.0. The number of nitriles is 1. The van der Waals surface area contributed by atoms with Crippen LogP contribution in [0.2, 0.25) is 0 Å². The molecule has 21 heavy (non-hydrogen) atoms. The minimum Gasteiger partial charge on any atom is -0.489 e. The fourth-order valence-electron chi connectivity index (χ4n) is 2.63. The van der Waals surface area contributed by atoms with Gasteiger partial charge in [0, 0.05) is 6.04 Å². The van der Waals surface area contributed by atoms with Gasteiger partial charge in [-0.15, -0.1) is 0 Å². The van der Waals surface area contributed by atoms with Gasteiger partial charge in [0.2, 0.25) is 0 Å². The van der Waals surface area contributed by atoms with E-state index < -0.39 is 5.82 Å². The number of hydrogen-bond donors (Lipinski definition) is 1. The molecule has 0 amide bonds. The highest BCUT2D eigenvalue weighted by atomic mass is 19.1. The highest BCUT2D eigenvalue weighted by Gasteiger charge is 2.19. The molecule has 2 N–H and O–H groups in total. The Kier molecular flexibility index (Phi) is 3.59. The molecule has 1 aliphatic rings. The Bertz CT molecular complexity index is 721. The van der Waals surface area contributed by atoms with E-state index in [1.54, 1.807) is 6.07 Å². The summed E-state index contributed by atoms with van der Waals surface area (Å²) in [4.78, 5) is 0. The van der Waals surface area contributed by atoms with Crippen LogP contribution in [0.25, 0.3) is 0 Å². The summed E-state index contributed by atoms with van der Waals surface area (Å²) in [5.74, 6) is 0.262. The highest BCUT2D eigenvalue weighted by Crippen LogP contribution is 2.32. The Morgan fingerprint density at radius 1 is 1.29 bits per heavy atom. The summed E-state index contributed by atoms with van der Waals surface area (Å²) in [6.45, 7) is 0.305. The molecule has 3 rings (SSSR count). The average Bonchev–Trinajstić information content (AvgIpc) is 2.87. The van der Waals surface area contributed by atoms with Crippen LogP contribution in [0.5, 0.6) is 5.75 Å². The van der Waals surface area contributed by atoms with Crippen molar-refractivity contribution in [3.8, 4) is 11.8 Å². The summed E-state index contributed by atoms with van der Waals surface area (Å²) >= 11 is 0. The van der Waals surface area contributed by atoms with Gasteiger partial charge in [-0.2, -0.15) is 5.26 Å². The number of benzene rings is 2. The van der Waals surface area contributed by atoms with Crippen molar-refractivity contribution >= 4 is 0 Å². The average molecular weight is 282 g/mol. The van der Waals surface area contributed by atoms with Gasteiger partial charge < -0.3 is 10.5 Å². The first-order chi connectivity index (χ1) is 10.2. The lowest BCUT2D eigenvalue weighted by molar-refractivity contribution is 0.305. The molecule has 0 fully saturated rings. The van der Waals surface area contributed by atoms with E-state index in [-0.39, 0.29) is 11.6 Å². The number of fused-ring (bicyclic) bond motifs is 1. The lowest BCUT2D eigenvalue weighted by Gasteiger charge is -2.10. The van der Waals surface area contributed by atoms with Crippen LogP contribution in [0.4, 0.5) is 4.39 Å². The van der Waals surface area contributed by atoms with Gasteiger partial charge in [0.1, 0.15) is 24.2 Å². The molecule has 3 nitrogen and oxygen atoms in total. The number of nitrogens with zero attached hydrogens (tertiary/aromatic N) is 1. The number of aryl methyl sites for hydroxylation is 1. The molecule has 0 spiro atoms. The van der Waals surface area contributed by atoms with Crippen molar-refractivity contribution in [2.24, 2.45) is 5.73 Å². The summed E-state index contributed by atoms with van der Waals surface area (Å²) in [7, 11) is 0. The lowest BCUT2D eigenvalue weighted by Crippen LogP contribution is -2.05. The normalized spacial score (nSPS) is 16.3. The third kappa shape index (κ3) is 2.74. The van der Waals surface area contributed by atoms with E-state index in [1.165, 1.54) is 23.3 Å². The maximum absolute atomic E-state index is 13.2. The number of halogens is 1. The first-order valence-electron chi connectivity index (χ1n) is 6.87. The van der Waals surface area contributed by atoms with Crippen LogP contribution in [0.1, 0.15) is 34.7 Å². The van der Waals surface area contributed by atoms with Gasteiger partial charge in [0.05, 0.1) is 5.56 Å². The second-order valence-electron chi connectivity index (χ2n) is 5.22. The third-order valence-corrected chi connectivity index (χ3v) is 3.80. The van der Waals surface area contributed by atoms with Gasteiger partial charge in [0.15, 0.2) is 0 Å². The molecule has 2 aromatic carbocycles. The molecule has 0 aliphatic heterocycles. The maximum atomic E-state index is 13.2. The third-order valence-electron chi connectivity index (χ3n) is 3.80. The summed E-state index contributed by atoms with van der Waals surface area (Å²) in [6, 6.07) is 12.3. The Morgan fingerprint density at radius 2 is 2.14 bits per heavy atom. The van der Waals surface area contributed by atoms with Crippen molar-refractivity contribution in [3.63, 3.8) is 0 Å². The van der Waals surface area contributed by atoms with Crippen molar-refractivity contribution in [3.05, 3.63) is 64.5 Å². The standard InChI is InChI=1S/C17H15FN2O/c18-16-5-1-11(7-13(16)9-19)10-21-14-3-4-15-12(8-14)2-6-17(15)20/h1,3-5,7-8,17H,2,6,10,20H2/t17-/m0/s1. The molecule has 0 heterocycles. The molecule has 1 atom stereocenters.